The van der Waals surface area contributed by atoms with E-state index in [0.29, 0.717) is 12.0 Å². The number of nitrogens with one attached hydrogen (secondary N) is 2. The van der Waals surface area contributed by atoms with Crippen molar-refractivity contribution in [1.82, 2.24) is 25.2 Å². The fourth-order valence-corrected chi connectivity index (χ4v) is 4.23. The second-order valence-corrected chi connectivity index (χ2v) is 8.08. The summed E-state index contributed by atoms with van der Waals surface area (Å²) < 4.78 is 1.91. The van der Waals surface area contributed by atoms with Gasteiger partial charge in [0, 0.05) is 38.7 Å². The van der Waals surface area contributed by atoms with Gasteiger partial charge in [-0.1, -0.05) is 26.7 Å². The maximum Gasteiger partial charge on any atom is 0.191 e. The van der Waals surface area contributed by atoms with Crippen LogP contribution in [0.15, 0.2) is 42.0 Å². The first-order valence-corrected chi connectivity index (χ1v) is 9.98. The topological polar surface area (TPSA) is 67.1 Å². The lowest BCUT2D eigenvalue weighted by Gasteiger charge is -2.32. The lowest BCUT2D eigenvalue weighted by atomic mass is 9.78. The summed E-state index contributed by atoms with van der Waals surface area (Å²) >= 11 is 0. The average molecular weight is 369 g/mol. The van der Waals surface area contributed by atoms with E-state index in [1.165, 1.54) is 32.1 Å². The van der Waals surface area contributed by atoms with Crippen molar-refractivity contribution in [2.45, 2.75) is 52.5 Å². The third kappa shape index (κ3) is 5.31. The monoisotopic (exact) mass is 368 g/mol. The molecule has 1 fully saturated rings. The Labute approximate surface area is 162 Å². The number of hydrogen-bond acceptors (Lipinski definition) is 3. The maximum absolute atomic E-state index is 4.41. The lowest BCUT2D eigenvalue weighted by Crippen LogP contribution is -2.43. The summed E-state index contributed by atoms with van der Waals surface area (Å²) in [6, 6.07) is 4.09. The number of nitrogens with zero attached hydrogens (tertiary/aromatic N) is 4. The SMILES string of the molecule is CN=C(NCc1ccnc(-n2ccnc2)c1)NCC1(CC(C)C)CCCC1. The summed E-state index contributed by atoms with van der Waals surface area (Å²) in [5.41, 5.74) is 1.59. The number of hydrogen-bond donors (Lipinski definition) is 2. The predicted octanol–water partition coefficient (Wildman–Crippen LogP) is 3.54. The molecule has 1 saturated carbocycles. The molecule has 0 amide bonds. The minimum atomic E-state index is 0.428. The van der Waals surface area contributed by atoms with E-state index in [0.717, 1.165) is 29.8 Å². The molecule has 27 heavy (non-hydrogen) atoms. The molecule has 0 aromatic carbocycles. The summed E-state index contributed by atoms with van der Waals surface area (Å²) in [4.78, 5) is 12.9. The van der Waals surface area contributed by atoms with E-state index in [1.807, 2.05) is 30.1 Å². The molecule has 0 bridgehead atoms. The highest BCUT2D eigenvalue weighted by Crippen LogP contribution is 2.42. The van der Waals surface area contributed by atoms with Crippen LogP contribution in [0.2, 0.25) is 0 Å². The second kappa shape index (κ2) is 9.02. The summed E-state index contributed by atoms with van der Waals surface area (Å²) in [7, 11) is 1.84. The van der Waals surface area contributed by atoms with E-state index in [2.05, 4.69) is 45.5 Å². The van der Waals surface area contributed by atoms with Crippen molar-refractivity contribution in [2.75, 3.05) is 13.6 Å². The normalized spacial score (nSPS) is 16.7. The Morgan fingerprint density at radius 3 is 2.74 bits per heavy atom. The Kier molecular flexibility index (Phi) is 6.48. The molecule has 3 rings (SSSR count). The number of rotatable bonds is 7. The van der Waals surface area contributed by atoms with Gasteiger partial charge in [0.15, 0.2) is 5.96 Å². The highest BCUT2D eigenvalue weighted by Gasteiger charge is 2.34. The molecule has 6 nitrogen and oxygen atoms in total. The van der Waals surface area contributed by atoms with Crippen LogP contribution < -0.4 is 10.6 Å². The van der Waals surface area contributed by atoms with Gasteiger partial charge in [0.1, 0.15) is 12.1 Å². The fraction of sp³-hybridized carbons (Fsp3) is 0.571. The van der Waals surface area contributed by atoms with E-state index in [9.17, 15) is 0 Å². The van der Waals surface area contributed by atoms with E-state index in [4.69, 9.17) is 0 Å². The van der Waals surface area contributed by atoms with Crippen LogP contribution in [0.4, 0.5) is 0 Å². The third-order valence-electron chi connectivity index (χ3n) is 5.40. The molecule has 1 aliphatic rings. The summed E-state index contributed by atoms with van der Waals surface area (Å²) in [5, 5.41) is 7.02. The molecular formula is C21H32N6. The number of imidazole rings is 1. The van der Waals surface area contributed by atoms with Gasteiger partial charge in [0.05, 0.1) is 0 Å². The molecule has 0 saturated heterocycles. The van der Waals surface area contributed by atoms with Gasteiger partial charge in [-0.15, -0.1) is 0 Å². The predicted molar refractivity (Wildman–Crippen MR) is 110 cm³/mol. The first-order valence-electron chi connectivity index (χ1n) is 9.98. The van der Waals surface area contributed by atoms with E-state index in [1.54, 1.807) is 12.5 Å². The largest absolute Gasteiger partial charge is 0.356 e. The van der Waals surface area contributed by atoms with Crippen molar-refractivity contribution in [3.8, 4) is 5.82 Å². The summed E-state index contributed by atoms with van der Waals surface area (Å²) in [6.07, 6.45) is 13.9. The molecule has 1 aliphatic carbocycles. The standard InChI is InChI=1S/C21H32N6/c1-17(2)13-21(7-4-5-8-21)15-26-20(22-3)25-14-18-6-9-24-19(12-18)27-11-10-23-16-27/h6,9-12,16-17H,4-5,7-8,13-15H2,1-3H3,(H2,22,25,26). The molecule has 2 aromatic heterocycles. The summed E-state index contributed by atoms with van der Waals surface area (Å²) in [6.45, 7) is 6.37. The van der Waals surface area contributed by atoms with E-state index < -0.39 is 0 Å². The van der Waals surface area contributed by atoms with Gasteiger partial charge < -0.3 is 10.6 Å². The van der Waals surface area contributed by atoms with Crippen LogP contribution in [0.3, 0.4) is 0 Å². The minimum absolute atomic E-state index is 0.428. The molecule has 0 radical (unpaired) electrons. The first kappa shape index (κ1) is 19.4. The Balaban J connectivity index is 1.56. The van der Waals surface area contributed by atoms with Gasteiger partial charge in [0.2, 0.25) is 0 Å². The number of aliphatic imine (C=N–C) groups is 1. The molecule has 6 heteroatoms. The molecule has 0 spiro atoms. The van der Waals surface area contributed by atoms with Crippen molar-refractivity contribution in [2.24, 2.45) is 16.3 Å². The van der Waals surface area contributed by atoms with Crippen molar-refractivity contribution >= 4 is 5.96 Å². The summed E-state index contributed by atoms with van der Waals surface area (Å²) in [5.74, 6) is 2.47. The van der Waals surface area contributed by atoms with Crippen LogP contribution in [0.25, 0.3) is 5.82 Å². The zero-order valence-electron chi connectivity index (χ0n) is 16.8. The van der Waals surface area contributed by atoms with Gasteiger partial charge in [-0.05, 0) is 48.3 Å². The molecule has 0 atom stereocenters. The first-order chi connectivity index (χ1) is 13.1. The second-order valence-electron chi connectivity index (χ2n) is 8.08. The maximum atomic E-state index is 4.41. The van der Waals surface area contributed by atoms with Crippen LogP contribution in [0.1, 0.15) is 51.5 Å². The van der Waals surface area contributed by atoms with E-state index >= 15 is 0 Å². The van der Waals surface area contributed by atoms with Crippen molar-refractivity contribution in [3.05, 3.63) is 42.6 Å². The van der Waals surface area contributed by atoms with Crippen LogP contribution >= 0.6 is 0 Å². The van der Waals surface area contributed by atoms with E-state index in [-0.39, 0.29) is 0 Å². The van der Waals surface area contributed by atoms with Crippen molar-refractivity contribution < 1.29 is 0 Å². The zero-order chi connectivity index (χ0) is 19.1. The molecular weight excluding hydrogens is 336 g/mol. The smallest absolute Gasteiger partial charge is 0.191 e. The molecule has 2 N–H and O–H groups in total. The number of pyridine rings is 1. The Bertz CT molecular complexity index is 729. The van der Waals surface area contributed by atoms with Gasteiger partial charge in [-0.25, -0.2) is 9.97 Å². The Morgan fingerprint density at radius 1 is 1.26 bits per heavy atom. The molecule has 2 heterocycles. The van der Waals surface area contributed by atoms with Crippen LogP contribution in [-0.4, -0.2) is 34.1 Å². The molecule has 2 aromatic rings. The number of aromatic nitrogens is 3. The quantitative estimate of drug-likeness (QED) is 0.579. The zero-order valence-corrected chi connectivity index (χ0v) is 16.8. The average Bonchev–Trinajstić information content (AvgIpc) is 3.34. The molecule has 146 valence electrons. The lowest BCUT2D eigenvalue weighted by molar-refractivity contribution is 0.235. The van der Waals surface area contributed by atoms with Gasteiger partial charge in [-0.2, -0.15) is 0 Å². The molecule has 0 unspecified atom stereocenters. The Hall–Kier alpha value is -2.37. The van der Waals surface area contributed by atoms with Gasteiger partial charge in [0.25, 0.3) is 0 Å². The van der Waals surface area contributed by atoms with Crippen LogP contribution in [0.5, 0.6) is 0 Å². The molecule has 0 aliphatic heterocycles. The van der Waals surface area contributed by atoms with Crippen LogP contribution in [0, 0.1) is 11.3 Å². The van der Waals surface area contributed by atoms with Gasteiger partial charge >= 0.3 is 0 Å². The van der Waals surface area contributed by atoms with Gasteiger partial charge in [-0.3, -0.25) is 9.56 Å². The van der Waals surface area contributed by atoms with Crippen molar-refractivity contribution in [3.63, 3.8) is 0 Å². The Morgan fingerprint density at radius 2 is 2.07 bits per heavy atom. The number of guanidine groups is 1. The third-order valence-corrected chi connectivity index (χ3v) is 5.40. The highest BCUT2D eigenvalue weighted by atomic mass is 15.2. The fourth-order valence-electron chi connectivity index (χ4n) is 4.23. The van der Waals surface area contributed by atoms with Crippen molar-refractivity contribution in [1.29, 1.82) is 0 Å². The van der Waals surface area contributed by atoms with Crippen LogP contribution in [-0.2, 0) is 6.54 Å². The minimum Gasteiger partial charge on any atom is -0.356 e. The highest BCUT2D eigenvalue weighted by molar-refractivity contribution is 5.79.